The summed E-state index contributed by atoms with van der Waals surface area (Å²) in [5.74, 6) is 0. The molecule has 0 aromatic carbocycles. The first-order valence-electron chi connectivity index (χ1n) is 3.92. The van der Waals surface area contributed by atoms with Gasteiger partial charge in [0.1, 0.15) is 0 Å². The Balaban J connectivity index is 0.000000249. The predicted octanol–water partition coefficient (Wildman–Crippen LogP) is 0.507. The Morgan fingerprint density at radius 2 is 1.50 bits per heavy atom. The standard InChI is InChI=1S/C5H11N.CH2F3NO2S/c1-6-4-2-3-5-6;2-1(3,4)8(5,6)7/h2-5H2,1H3;(H2,5,6,7). The van der Waals surface area contributed by atoms with Crippen LogP contribution in [0.15, 0.2) is 0 Å². The Kier molecular flexibility index (Phi) is 4.82. The van der Waals surface area contributed by atoms with E-state index in [-0.39, 0.29) is 0 Å². The molecule has 0 aromatic rings. The highest BCUT2D eigenvalue weighted by Gasteiger charge is 2.42. The normalized spacial score (nSPS) is 18.9. The summed E-state index contributed by atoms with van der Waals surface area (Å²) in [6.07, 6.45) is 2.83. The molecular formula is C6H13F3N2O2S. The average molecular weight is 234 g/mol. The zero-order valence-corrected chi connectivity index (χ0v) is 8.53. The van der Waals surface area contributed by atoms with Crippen LogP contribution in [0.25, 0.3) is 0 Å². The maximum Gasteiger partial charge on any atom is 0.511 e. The van der Waals surface area contributed by atoms with Gasteiger partial charge in [-0.3, -0.25) is 0 Å². The second kappa shape index (κ2) is 4.94. The van der Waals surface area contributed by atoms with Crippen LogP contribution in [-0.2, 0) is 10.0 Å². The summed E-state index contributed by atoms with van der Waals surface area (Å²) in [5, 5.41) is 3.66. The van der Waals surface area contributed by atoms with E-state index < -0.39 is 15.5 Å². The third-order valence-electron chi connectivity index (χ3n) is 1.65. The highest BCUT2D eigenvalue weighted by atomic mass is 32.2. The summed E-state index contributed by atoms with van der Waals surface area (Å²) in [6, 6.07) is 0. The zero-order valence-electron chi connectivity index (χ0n) is 7.71. The number of halogens is 3. The number of sulfonamides is 1. The van der Waals surface area contributed by atoms with Crippen LogP contribution in [0.4, 0.5) is 13.2 Å². The molecule has 0 unspecified atom stereocenters. The molecule has 0 atom stereocenters. The van der Waals surface area contributed by atoms with Gasteiger partial charge in [0.2, 0.25) is 0 Å². The fourth-order valence-electron chi connectivity index (χ4n) is 0.875. The van der Waals surface area contributed by atoms with Gasteiger partial charge in [-0.15, -0.1) is 0 Å². The first-order chi connectivity index (χ1) is 6.14. The van der Waals surface area contributed by atoms with Crippen molar-refractivity contribution in [1.29, 1.82) is 0 Å². The molecule has 1 aliphatic rings. The first kappa shape index (κ1) is 13.7. The largest absolute Gasteiger partial charge is 0.511 e. The van der Waals surface area contributed by atoms with Crippen LogP contribution in [0, 0.1) is 0 Å². The molecule has 0 aliphatic carbocycles. The van der Waals surface area contributed by atoms with Crippen LogP contribution in [0.5, 0.6) is 0 Å². The number of primary sulfonamides is 1. The van der Waals surface area contributed by atoms with Gasteiger partial charge in [0, 0.05) is 0 Å². The second-order valence-electron chi connectivity index (χ2n) is 3.00. The highest BCUT2D eigenvalue weighted by Crippen LogP contribution is 2.18. The molecule has 0 spiro atoms. The SMILES string of the molecule is CN1CCCC1.NS(=O)(=O)C(F)(F)F. The Labute approximate surface area is 80.9 Å². The van der Waals surface area contributed by atoms with E-state index in [9.17, 15) is 21.6 Å². The number of nitrogens with two attached hydrogens (primary N) is 1. The maximum atomic E-state index is 10.8. The van der Waals surface area contributed by atoms with Crippen molar-refractivity contribution in [2.24, 2.45) is 5.14 Å². The van der Waals surface area contributed by atoms with Gasteiger partial charge < -0.3 is 4.90 Å². The van der Waals surface area contributed by atoms with E-state index in [2.05, 4.69) is 17.1 Å². The number of hydrogen-bond acceptors (Lipinski definition) is 3. The minimum absolute atomic E-state index is 1.32. The van der Waals surface area contributed by atoms with E-state index in [0.717, 1.165) is 0 Å². The Morgan fingerprint density at radius 3 is 1.57 bits per heavy atom. The first-order valence-corrected chi connectivity index (χ1v) is 5.47. The van der Waals surface area contributed by atoms with Crippen LogP contribution in [-0.4, -0.2) is 39.0 Å². The quantitative estimate of drug-likeness (QED) is 0.664. The third kappa shape index (κ3) is 5.40. The molecule has 4 nitrogen and oxygen atoms in total. The van der Waals surface area contributed by atoms with Crippen LogP contribution >= 0.6 is 0 Å². The smallest absolute Gasteiger partial charge is 0.306 e. The van der Waals surface area contributed by atoms with E-state index in [1.54, 1.807) is 0 Å². The number of alkyl halides is 3. The van der Waals surface area contributed by atoms with Crippen molar-refractivity contribution in [3.63, 3.8) is 0 Å². The maximum absolute atomic E-state index is 10.8. The summed E-state index contributed by atoms with van der Waals surface area (Å²) in [4.78, 5) is 2.36. The zero-order chi connectivity index (χ0) is 11.4. The number of rotatable bonds is 0. The van der Waals surface area contributed by atoms with Gasteiger partial charge in [-0.05, 0) is 33.0 Å². The molecule has 0 saturated carbocycles. The molecular weight excluding hydrogens is 221 g/mol. The van der Waals surface area contributed by atoms with Crippen LogP contribution in [0.1, 0.15) is 12.8 Å². The minimum atomic E-state index is -5.34. The van der Waals surface area contributed by atoms with Crippen molar-refractivity contribution >= 4 is 10.0 Å². The van der Waals surface area contributed by atoms with Crippen molar-refractivity contribution in [2.45, 2.75) is 18.3 Å². The van der Waals surface area contributed by atoms with Crippen molar-refractivity contribution in [3.05, 3.63) is 0 Å². The van der Waals surface area contributed by atoms with Crippen LogP contribution in [0.3, 0.4) is 0 Å². The van der Waals surface area contributed by atoms with Gasteiger partial charge in [-0.25, -0.2) is 13.6 Å². The van der Waals surface area contributed by atoms with Gasteiger partial charge in [0.25, 0.3) is 0 Å². The molecule has 1 saturated heterocycles. The van der Waals surface area contributed by atoms with Crippen molar-refractivity contribution < 1.29 is 21.6 Å². The number of nitrogens with zero attached hydrogens (tertiary/aromatic N) is 1. The summed E-state index contributed by atoms with van der Waals surface area (Å²) >= 11 is 0. The van der Waals surface area contributed by atoms with Crippen molar-refractivity contribution in [1.82, 2.24) is 4.90 Å². The van der Waals surface area contributed by atoms with Gasteiger partial charge in [-0.2, -0.15) is 13.2 Å². The molecule has 1 fully saturated rings. The Bertz CT molecular complexity index is 257. The number of hydrogen-bond donors (Lipinski definition) is 1. The van der Waals surface area contributed by atoms with E-state index in [1.165, 1.54) is 25.9 Å². The Morgan fingerprint density at radius 1 is 1.21 bits per heavy atom. The molecule has 0 bridgehead atoms. The predicted molar refractivity (Wildman–Crippen MR) is 45.9 cm³/mol. The molecule has 0 aromatic heterocycles. The molecule has 0 radical (unpaired) electrons. The fourth-order valence-corrected chi connectivity index (χ4v) is 0.875. The molecule has 86 valence electrons. The van der Waals surface area contributed by atoms with E-state index in [0.29, 0.717) is 0 Å². The van der Waals surface area contributed by atoms with E-state index in [4.69, 9.17) is 0 Å². The molecule has 1 rings (SSSR count). The van der Waals surface area contributed by atoms with Crippen LogP contribution < -0.4 is 5.14 Å². The summed E-state index contributed by atoms with van der Waals surface area (Å²) in [5.41, 5.74) is -5.31. The molecule has 8 heteroatoms. The van der Waals surface area contributed by atoms with Crippen molar-refractivity contribution in [3.8, 4) is 0 Å². The fraction of sp³-hybridized carbons (Fsp3) is 1.00. The van der Waals surface area contributed by atoms with E-state index >= 15 is 0 Å². The number of likely N-dealkylation sites (tertiary alicyclic amines) is 1. The summed E-state index contributed by atoms with van der Waals surface area (Å²) in [6.45, 7) is 2.64. The molecule has 14 heavy (non-hydrogen) atoms. The second-order valence-corrected chi connectivity index (χ2v) is 4.55. The lowest BCUT2D eigenvalue weighted by molar-refractivity contribution is -0.0436. The summed E-state index contributed by atoms with van der Waals surface area (Å²) < 4.78 is 51.2. The molecule has 2 N–H and O–H groups in total. The lowest BCUT2D eigenvalue weighted by Crippen LogP contribution is -2.30. The monoisotopic (exact) mass is 234 g/mol. The van der Waals surface area contributed by atoms with Gasteiger partial charge in [0.05, 0.1) is 0 Å². The molecule has 0 amide bonds. The van der Waals surface area contributed by atoms with Crippen LogP contribution in [0.2, 0.25) is 0 Å². The van der Waals surface area contributed by atoms with E-state index in [1.807, 2.05) is 0 Å². The lowest BCUT2D eigenvalue weighted by Gasteiger charge is -2.01. The average Bonchev–Trinajstić information content (AvgIpc) is 2.35. The summed E-state index contributed by atoms with van der Waals surface area (Å²) in [7, 11) is -3.17. The molecule has 1 aliphatic heterocycles. The topological polar surface area (TPSA) is 63.4 Å². The van der Waals surface area contributed by atoms with Gasteiger partial charge in [-0.1, -0.05) is 0 Å². The lowest BCUT2D eigenvalue weighted by atomic mass is 10.4. The third-order valence-corrected chi connectivity index (χ3v) is 2.30. The molecule has 1 heterocycles. The minimum Gasteiger partial charge on any atom is -0.306 e. The Hall–Kier alpha value is -0.340. The highest BCUT2D eigenvalue weighted by molar-refractivity contribution is 7.90. The van der Waals surface area contributed by atoms with Gasteiger partial charge >= 0.3 is 15.5 Å². The van der Waals surface area contributed by atoms with Gasteiger partial charge in [0.15, 0.2) is 0 Å². The van der Waals surface area contributed by atoms with Crippen molar-refractivity contribution in [2.75, 3.05) is 20.1 Å².